The molecule has 0 bridgehead atoms. The molecule has 0 spiro atoms. The van der Waals surface area contributed by atoms with Gasteiger partial charge in [-0.3, -0.25) is 14.4 Å². The minimum absolute atomic E-state index is 0.100. The van der Waals surface area contributed by atoms with Gasteiger partial charge in [-0.25, -0.2) is 0 Å². The summed E-state index contributed by atoms with van der Waals surface area (Å²) in [7, 11) is 0. The molecule has 0 aromatic heterocycles. The number of ether oxygens (including phenoxy) is 3. The van der Waals surface area contributed by atoms with E-state index in [1.165, 1.54) is 89.9 Å². The van der Waals surface area contributed by atoms with Gasteiger partial charge in [-0.2, -0.15) is 0 Å². The maximum absolute atomic E-state index is 13.0. The van der Waals surface area contributed by atoms with Crippen LogP contribution in [0.25, 0.3) is 0 Å². The predicted molar refractivity (Wildman–Crippen MR) is 362 cm³/mol. The summed E-state index contributed by atoms with van der Waals surface area (Å²) in [6, 6.07) is 0. The fourth-order valence-electron chi connectivity index (χ4n) is 8.97. The first-order chi connectivity index (χ1) is 41.0. The third kappa shape index (κ3) is 67.7. The number of carbonyl (C=O) groups is 3. The predicted octanol–water partition coefficient (Wildman–Crippen LogP) is 23.7. The second-order valence-corrected chi connectivity index (χ2v) is 22.0. The van der Waals surface area contributed by atoms with Gasteiger partial charge in [0.2, 0.25) is 0 Å². The number of rotatable bonds is 60. The first-order valence-electron chi connectivity index (χ1n) is 34.0. The highest BCUT2D eigenvalue weighted by atomic mass is 16.6. The fraction of sp³-hybridized carbons (Fsp3) is 0.623. The Bertz CT molecular complexity index is 1840. The van der Waals surface area contributed by atoms with Crippen LogP contribution in [0.15, 0.2) is 158 Å². The van der Waals surface area contributed by atoms with Crippen molar-refractivity contribution >= 4 is 17.9 Å². The summed E-state index contributed by atoms with van der Waals surface area (Å²) in [6.07, 6.45) is 101. The molecule has 1 atom stereocenters. The number of esters is 3. The van der Waals surface area contributed by atoms with E-state index in [0.717, 1.165) is 161 Å². The molecule has 0 rings (SSSR count). The number of unbranched alkanes of at least 4 members (excludes halogenated alkanes) is 23. The normalized spacial score (nSPS) is 13.1. The molecule has 0 aromatic carbocycles. The minimum Gasteiger partial charge on any atom is -0.462 e. The van der Waals surface area contributed by atoms with Crippen LogP contribution in [0.4, 0.5) is 0 Å². The topological polar surface area (TPSA) is 78.9 Å². The second kappa shape index (κ2) is 69.5. The highest BCUT2D eigenvalue weighted by Gasteiger charge is 2.19. The van der Waals surface area contributed by atoms with Gasteiger partial charge < -0.3 is 14.2 Å². The van der Waals surface area contributed by atoms with Crippen LogP contribution in [0.5, 0.6) is 0 Å². The Kier molecular flexibility index (Phi) is 65.4. The first kappa shape index (κ1) is 78.0. The number of hydrogen-bond acceptors (Lipinski definition) is 6. The standard InChI is InChI=1S/C77H124O6/c1-4-7-10-13-16-19-22-25-28-31-33-35-37-38-40-41-43-46-49-52-55-58-61-64-67-70-76(79)82-73-74(72-81-75(78)69-66-63-60-57-54-51-48-45-30-27-24-21-18-15-12-9-6-3)83-77(80)71-68-65-62-59-56-53-50-47-44-42-39-36-34-32-29-26-23-20-17-14-11-8-5-2/h7-8,10-11,16-21,25-30,33-36,38,40,42,44,50,53,74H,4-6,9,12-15,22-24,31-32,37,39,41,43,45-49,51-52,54-73H2,1-3H3/b10-7-,11-8-,19-16-,20-17-,21-18-,28-25-,29-26-,30-27-,35-33-,36-34-,40-38-,44-42-,53-50-. The Morgan fingerprint density at radius 1 is 0.253 bits per heavy atom. The lowest BCUT2D eigenvalue weighted by atomic mass is 10.1. The van der Waals surface area contributed by atoms with Crippen molar-refractivity contribution in [1.82, 2.24) is 0 Å². The van der Waals surface area contributed by atoms with E-state index in [1.807, 2.05) is 0 Å². The van der Waals surface area contributed by atoms with Crippen molar-refractivity contribution in [1.29, 1.82) is 0 Å². The summed E-state index contributed by atoms with van der Waals surface area (Å²) in [4.78, 5) is 38.5. The highest BCUT2D eigenvalue weighted by Crippen LogP contribution is 2.15. The van der Waals surface area contributed by atoms with Crippen LogP contribution in [0.2, 0.25) is 0 Å². The molecule has 0 saturated heterocycles. The first-order valence-corrected chi connectivity index (χ1v) is 34.0. The Labute approximate surface area is 511 Å². The van der Waals surface area contributed by atoms with Crippen LogP contribution in [-0.2, 0) is 28.6 Å². The summed E-state index contributed by atoms with van der Waals surface area (Å²) in [5, 5.41) is 0. The van der Waals surface area contributed by atoms with Crippen LogP contribution < -0.4 is 0 Å². The van der Waals surface area contributed by atoms with E-state index in [2.05, 4.69) is 179 Å². The lowest BCUT2D eigenvalue weighted by molar-refractivity contribution is -0.167. The van der Waals surface area contributed by atoms with Gasteiger partial charge in [0.15, 0.2) is 6.10 Å². The Morgan fingerprint density at radius 3 is 0.735 bits per heavy atom. The molecule has 0 saturated carbocycles. The molecular weight excluding hydrogens is 1020 g/mol. The van der Waals surface area contributed by atoms with Gasteiger partial charge in [0.25, 0.3) is 0 Å². The van der Waals surface area contributed by atoms with E-state index in [0.29, 0.717) is 12.8 Å². The van der Waals surface area contributed by atoms with E-state index >= 15 is 0 Å². The molecule has 0 heterocycles. The largest absolute Gasteiger partial charge is 0.462 e. The molecule has 6 heteroatoms. The molecule has 0 aliphatic rings. The van der Waals surface area contributed by atoms with Crippen LogP contribution in [0, 0.1) is 0 Å². The van der Waals surface area contributed by atoms with Crippen molar-refractivity contribution in [3.63, 3.8) is 0 Å². The Hall–Kier alpha value is -4.97. The van der Waals surface area contributed by atoms with Crippen molar-refractivity contribution < 1.29 is 28.6 Å². The second-order valence-electron chi connectivity index (χ2n) is 22.0. The third-order valence-corrected chi connectivity index (χ3v) is 14.0. The van der Waals surface area contributed by atoms with E-state index in [1.54, 1.807) is 0 Å². The molecule has 0 N–H and O–H groups in total. The van der Waals surface area contributed by atoms with Crippen LogP contribution in [0.1, 0.15) is 290 Å². The highest BCUT2D eigenvalue weighted by molar-refractivity contribution is 5.71. The number of allylic oxidation sites excluding steroid dienone is 26. The summed E-state index contributed by atoms with van der Waals surface area (Å²) < 4.78 is 16.9. The number of hydrogen-bond donors (Lipinski definition) is 0. The molecule has 0 aromatic rings. The quantitative estimate of drug-likeness (QED) is 0.0261. The third-order valence-electron chi connectivity index (χ3n) is 14.0. The molecule has 6 nitrogen and oxygen atoms in total. The van der Waals surface area contributed by atoms with Gasteiger partial charge in [0, 0.05) is 19.3 Å². The average molecular weight is 1150 g/mol. The molecule has 0 aliphatic carbocycles. The smallest absolute Gasteiger partial charge is 0.306 e. The van der Waals surface area contributed by atoms with Gasteiger partial charge in [0.1, 0.15) is 13.2 Å². The Morgan fingerprint density at radius 2 is 0.470 bits per heavy atom. The summed E-state index contributed by atoms with van der Waals surface area (Å²) in [5.74, 6) is -0.937. The zero-order valence-corrected chi connectivity index (χ0v) is 53.7. The van der Waals surface area contributed by atoms with Crippen molar-refractivity contribution in [2.24, 2.45) is 0 Å². The molecule has 468 valence electrons. The zero-order chi connectivity index (χ0) is 59.9. The molecule has 83 heavy (non-hydrogen) atoms. The molecule has 0 amide bonds. The van der Waals surface area contributed by atoms with E-state index in [9.17, 15) is 14.4 Å². The maximum atomic E-state index is 13.0. The maximum Gasteiger partial charge on any atom is 0.306 e. The average Bonchev–Trinajstić information content (AvgIpc) is 3.49. The van der Waals surface area contributed by atoms with Crippen molar-refractivity contribution in [2.45, 2.75) is 297 Å². The molecule has 0 radical (unpaired) electrons. The van der Waals surface area contributed by atoms with E-state index in [-0.39, 0.29) is 37.5 Å². The monoisotopic (exact) mass is 1140 g/mol. The van der Waals surface area contributed by atoms with Gasteiger partial charge in [-0.15, -0.1) is 0 Å². The molecule has 0 aliphatic heterocycles. The lowest BCUT2D eigenvalue weighted by Gasteiger charge is -2.18. The van der Waals surface area contributed by atoms with Gasteiger partial charge in [0.05, 0.1) is 0 Å². The van der Waals surface area contributed by atoms with E-state index < -0.39 is 6.10 Å². The van der Waals surface area contributed by atoms with Gasteiger partial charge in [-0.05, 0) is 148 Å². The summed E-state index contributed by atoms with van der Waals surface area (Å²) >= 11 is 0. The molecular formula is C77H124O6. The number of carbonyl (C=O) groups excluding carboxylic acids is 3. The Balaban J connectivity index is 4.48. The molecule has 1 unspecified atom stereocenters. The van der Waals surface area contributed by atoms with Crippen LogP contribution in [0.3, 0.4) is 0 Å². The lowest BCUT2D eigenvalue weighted by Crippen LogP contribution is -2.30. The van der Waals surface area contributed by atoms with Crippen molar-refractivity contribution in [3.8, 4) is 0 Å². The summed E-state index contributed by atoms with van der Waals surface area (Å²) in [6.45, 7) is 6.37. The van der Waals surface area contributed by atoms with E-state index in [4.69, 9.17) is 14.2 Å². The fourth-order valence-corrected chi connectivity index (χ4v) is 8.97. The summed E-state index contributed by atoms with van der Waals surface area (Å²) in [5.41, 5.74) is 0. The van der Waals surface area contributed by atoms with Crippen LogP contribution in [-0.4, -0.2) is 37.2 Å². The van der Waals surface area contributed by atoms with Crippen molar-refractivity contribution in [2.75, 3.05) is 13.2 Å². The van der Waals surface area contributed by atoms with Crippen molar-refractivity contribution in [3.05, 3.63) is 158 Å². The minimum atomic E-state index is -0.808. The molecule has 0 fully saturated rings. The van der Waals surface area contributed by atoms with Gasteiger partial charge >= 0.3 is 17.9 Å². The van der Waals surface area contributed by atoms with Gasteiger partial charge in [-0.1, -0.05) is 281 Å². The zero-order valence-electron chi connectivity index (χ0n) is 53.7. The van der Waals surface area contributed by atoms with Crippen LogP contribution >= 0.6 is 0 Å². The SMILES string of the molecule is CC/C=C\C/C=C\C/C=C\C/C=C\C/C=C\C/C=C\CCCCCCC(=O)OC(COC(=O)CCCCCCCCC/C=C\C/C=C\CCCCC)COC(=O)CCCCCCCCCCC/C=C\C/C=C\C/C=C\C/C=C\C/C=C\CC.